The van der Waals surface area contributed by atoms with Crippen LogP contribution >= 0.6 is 0 Å². The number of hydrogen-bond donors (Lipinski definition) is 2. The van der Waals surface area contributed by atoms with Crippen molar-refractivity contribution in [3.05, 3.63) is 0 Å². The van der Waals surface area contributed by atoms with Crippen molar-refractivity contribution in [1.82, 2.24) is 5.32 Å². The Hall–Kier alpha value is -0.120. The highest BCUT2D eigenvalue weighted by molar-refractivity contribution is 4.90. The second-order valence-electron chi connectivity index (χ2n) is 3.93. The molecule has 2 saturated heterocycles. The molecule has 2 aliphatic heterocycles. The Bertz CT molecular complexity index is 149. The lowest BCUT2D eigenvalue weighted by Gasteiger charge is -2.42. The van der Waals surface area contributed by atoms with E-state index in [1.165, 1.54) is 0 Å². The van der Waals surface area contributed by atoms with E-state index in [9.17, 15) is 5.11 Å². The maximum Gasteiger partial charge on any atom is 0.0731 e. The first kappa shape index (κ1) is 8.48. The first-order valence-electron chi connectivity index (χ1n) is 4.84. The Kier molecular flexibility index (Phi) is 2.35. The standard InChI is InChI=1S/C9H17NO2/c11-8-1-6-12-9(7-8)2-4-10-5-3-9/h8,10-11H,1-7H2/t8-/m0/s1. The van der Waals surface area contributed by atoms with Gasteiger partial charge in [-0.2, -0.15) is 0 Å². The van der Waals surface area contributed by atoms with Gasteiger partial charge in [-0.3, -0.25) is 0 Å². The van der Waals surface area contributed by atoms with Crippen LogP contribution in [0.15, 0.2) is 0 Å². The zero-order valence-electron chi connectivity index (χ0n) is 7.38. The SMILES string of the molecule is O[C@H]1CCOC2(CCNCC2)C1. The van der Waals surface area contributed by atoms with E-state index in [1.54, 1.807) is 0 Å². The third kappa shape index (κ3) is 1.63. The van der Waals surface area contributed by atoms with Gasteiger partial charge >= 0.3 is 0 Å². The van der Waals surface area contributed by atoms with Crippen molar-refractivity contribution in [2.24, 2.45) is 0 Å². The Morgan fingerprint density at radius 3 is 2.75 bits per heavy atom. The molecule has 2 fully saturated rings. The summed E-state index contributed by atoms with van der Waals surface area (Å²) >= 11 is 0. The molecule has 0 unspecified atom stereocenters. The summed E-state index contributed by atoms with van der Waals surface area (Å²) < 4.78 is 5.78. The molecule has 3 nitrogen and oxygen atoms in total. The smallest absolute Gasteiger partial charge is 0.0731 e. The second-order valence-corrected chi connectivity index (χ2v) is 3.93. The lowest BCUT2D eigenvalue weighted by molar-refractivity contribution is -0.131. The Morgan fingerprint density at radius 2 is 2.08 bits per heavy atom. The minimum Gasteiger partial charge on any atom is -0.393 e. The molecule has 0 saturated carbocycles. The van der Waals surface area contributed by atoms with Crippen LogP contribution in [0.5, 0.6) is 0 Å². The average Bonchev–Trinajstić information content (AvgIpc) is 2.05. The molecular weight excluding hydrogens is 154 g/mol. The number of hydrogen-bond acceptors (Lipinski definition) is 3. The van der Waals surface area contributed by atoms with Crippen LogP contribution in [-0.2, 0) is 4.74 Å². The van der Waals surface area contributed by atoms with Crippen LogP contribution in [0, 0.1) is 0 Å². The van der Waals surface area contributed by atoms with Gasteiger partial charge in [-0.25, -0.2) is 0 Å². The molecule has 1 spiro atoms. The Balaban J connectivity index is 1.97. The molecule has 2 rings (SSSR count). The fourth-order valence-corrected chi connectivity index (χ4v) is 2.23. The van der Waals surface area contributed by atoms with Crippen molar-refractivity contribution in [1.29, 1.82) is 0 Å². The van der Waals surface area contributed by atoms with E-state index < -0.39 is 0 Å². The van der Waals surface area contributed by atoms with Crippen molar-refractivity contribution in [3.63, 3.8) is 0 Å². The van der Waals surface area contributed by atoms with Crippen molar-refractivity contribution in [2.75, 3.05) is 19.7 Å². The fraction of sp³-hybridized carbons (Fsp3) is 1.00. The lowest BCUT2D eigenvalue weighted by Crippen LogP contribution is -2.49. The molecule has 3 heteroatoms. The second kappa shape index (κ2) is 3.32. The number of aliphatic hydroxyl groups is 1. The fourth-order valence-electron chi connectivity index (χ4n) is 2.23. The molecule has 0 radical (unpaired) electrons. The van der Waals surface area contributed by atoms with Gasteiger partial charge in [0.2, 0.25) is 0 Å². The highest BCUT2D eigenvalue weighted by Crippen LogP contribution is 2.32. The molecule has 0 amide bonds. The van der Waals surface area contributed by atoms with E-state index in [-0.39, 0.29) is 11.7 Å². The number of piperidine rings is 1. The maximum atomic E-state index is 9.53. The van der Waals surface area contributed by atoms with Crippen LogP contribution in [0.2, 0.25) is 0 Å². The summed E-state index contributed by atoms with van der Waals surface area (Å²) in [6, 6.07) is 0. The summed E-state index contributed by atoms with van der Waals surface area (Å²) in [5.41, 5.74) is 0.0168. The molecular formula is C9H17NO2. The first-order valence-corrected chi connectivity index (χ1v) is 4.84. The zero-order chi connectivity index (χ0) is 8.44. The first-order chi connectivity index (χ1) is 5.81. The summed E-state index contributed by atoms with van der Waals surface area (Å²) in [5, 5.41) is 12.8. The summed E-state index contributed by atoms with van der Waals surface area (Å²) in [6.07, 6.45) is 3.65. The van der Waals surface area contributed by atoms with E-state index in [0.717, 1.165) is 45.4 Å². The van der Waals surface area contributed by atoms with Gasteiger partial charge < -0.3 is 15.2 Å². The van der Waals surface area contributed by atoms with Crippen LogP contribution in [0.4, 0.5) is 0 Å². The normalized spacial score (nSPS) is 35.2. The summed E-state index contributed by atoms with van der Waals surface area (Å²) in [6.45, 7) is 2.81. The van der Waals surface area contributed by atoms with Gasteiger partial charge in [0.05, 0.1) is 11.7 Å². The summed E-state index contributed by atoms with van der Waals surface area (Å²) in [7, 11) is 0. The average molecular weight is 171 g/mol. The molecule has 12 heavy (non-hydrogen) atoms. The molecule has 0 aromatic heterocycles. The van der Waals surface area contributed by atoms with Crippen LogP contribution in [0.3, 0.4) is 0 Å². The molecule has 2 N–H and O–H groups in total. The number of aliphatic hydroxyl groups excluding tert-OH is 1. The van der Waals surface area contributed by atoms with Crippen LogP contribution in [-0.4, -0.2) is 36.5 Å². The number of ether oxygens (including phenoxy) is 1. The van der Waals surface area contributed by atoms with E-state index in [0.29, 0.717) is 0 Å². The molecule has 1 atom stereocenters. The van der Waals surface area contributed by atoms with E-state index in [4.69, 9.17) is 4.74 Å². The highest BCUT2D eigenvalue weighted by Gasteiger charge is 2.37. The molecule has 0 aliphatic carbocycles. The number of nitrogens with one attached hydrogen (secondary N) is 1. The van der Waals surface area contributed by atoms with Gasteiger partial charge in [0.25, 0.3) is 0 Å². The predicted molar refractivity (Wildman–Crippen MR) is 46.0 cm³/mol. The largest absolute Gasteiger partial charge is 0.393 e. The number of rotatable bonds is 0. The van der Waals surface area contributed by atoms with Gasteiger partial charge in [-0.1, -0.05) is 0 Å². The third-order valence-electron chi connectivity index (χ3n) is 2.98. The van der Waals surface area contributed by atoms with Gasteiger partial charge in [0, 0.05) is 13.0 Å². The minimum absolute atomic E-state index is 0.0168. The molecule has 0 bridgehead atoms. The Morgan fingerprint density at radius 1 is 1.33 bits per heavy atom. The van der Waals surface area contributed by atoms with E-state index in [2.05, 4.69) is 5.32 Å². The monoisotopic (exact) mass is 171 g/mol. The van der Waals surface area contributed by atoms with Crippen molar-refractivity contribution < 1.29 is 9.84 Å². The third-order valence-corrected chi connectivity index (χ3v) is 2.98. The molecule has 0 aromatic rings. The predicted octanol–water partition coefficient (Wildman–Crippen LogP) is 0.280. The van der Waals surface area contributed by atoms with Crippen LogP contribution in [0.1, 0.15) is 25.7 Å². The van der Waals surface area contributed by atoms with Gasteiger partial charge in [-0.05, 0) is 32.4 Å². The Labute approximate surface area is 73.1 Å². The summed E-state index contributed by atoms with van der Waals surface area (Å²) in [4.78, 5) is 0. The van der Waals surface area contributed by atoms with E-state index >= 15 is 0 Å². The topological polar surface area (TPSA) is 41.5 Å². The van der Waals surface area contributed by atoms with Crippen molar-refractivity contribution in [2.45, 2.75) is 37.4 Å². The molecule has 2 aliphatic rings. The lowest BCUT2D eigenvalue weighted by atomic mass is 9.84. The molecule has 0 aromatic carbocycles. The van der Waals surface area contributed by atoms with Crippen molar-refractivity contribution in [3.8, 4) is 0 Å². The zero-order valence-corrected chi connectivity index (χ0v) is 7.38. The van der Waals surface area contributed by atoms with Crippen LogP contribution < -0.4 is 5.32 Å². The maximum absolute atomic E-state index is 9.53. The van der Waals surface area contributed by atoms with Crippen molar-refractivity contribution >= 4 is 0 Å². The van der Waals surface area contributed by atoms with Gasteiger partial charge in [0.15, 0.2) is 0 Å². The molecule has 70 valence electrons. The van der Waals surface area contributed by atoms with Gasteiger partial charge in [0.1, 0.15) is 0 Å². The van der Waals surface area contributed by atoms with Crippen LogP contribution in [0.25, 0.3) is 0 Å². The quantitative estimate of drug-likeness (QED) is 0.550. The molecule has 2 heterocycles. The van der Waals surface area contributed by atoms with E-state index in [1.807, 2.05) is 0 Å². The highest BCUT2D eigenvalue weighted by atomic mass is 16.5. The summed E-state index contributed by atoms with van der Waals surface area (Å²) in [5.74, 6) is 0. The minimum atomic E-state index is -0.128. The van der Waals surface area contributed by atoms with Gasteiger partial charge in [-0.15, -0.1) is 0 Å².